The fourth-order valence-corrected chi connectivity index (χ4v) is 3.31. The fourth-order valence-electron chi connectivity index (χ4n) is 3.31. The van der Waals surface area contributed by atoms with Crippen LogP contribution in [0.4, 0.5) is 4.39 Å². The molecule has 0 atom stereocenters. The molecule has 4 heterocycles. The second-order valence-electron chi connectivity index (χ2n) is 6.41. The lowest BCUT2D eigenvalue weighted by molar-refractivity contribution is 0.630. The average Bonchev–Trinajstić information content (AvgIpc) is 3.29. The Morgan fingerprint density at radius 2 is 2.04 bits per heavy atom. The predicted octanol–water partition coefficient (Wildman–Crippen LogP) is 3.28. The molecule has 0 amide bonds. The molecule has 0 spiro atoms. The van der Waals surface area contributed by atoms with Crippen molar-refractivity contribution in [1.82, 2.24) is 29.1 Å². The monoisotopic (exact) mass is 346 g/mol. The maximum Gasteiger partial charge on any atom is 0.177 e. The maximum absolute atomic E-state index is 14.1. The van der Waals surface area contributed by atoms with Crippen LogP contribution in [-0.2, 0) is 6.54 Å². The van der Waals surface area contributed by atoms with Gasteiger partial charge >= 0.3 is 0 Å². The summed E-state index contributed by atoms with van der Waals surface area (Å²) in [6.45, 7) is 4.48. The fraction of sp³-hybridized carbons (Fsp3) is 0.158. The normalized spacial score (nSPS) is 12.9. The van der Waals surface area contributed by atoms with E-state index in [-0.39, 0.29) is 5.82 Å². The molecule has 1 aromatic carbocycles. The third-order valence-electron chi connectivity index (χ3n) is 4.59. The molecule has 1 aliphatic rings. The van der Waals surface area contributed by atoms with Crippen LogP contribution in [0.5, 0.6) is 0 Å². The Balaban J connectivity index is 1.51. The predicted molar refractivity (Wildman–Crippen MR) is 95.9 cm³/mol. The molecule has 5 rings (SSSR count). The van der Waals surface area contributed by atoms with Crippen LogP contribution in [0.25, 0.3) is 29.2 Å². The van der Waals surface area contributed by atoms with Crippen LogP contribution < -0.4 is 0 Å². The Labute approximate surface area is 148 Å². The van der Waals surface area contributed by atoms with Crippen molar-refractivity contribution >= 4 is 17.8 Å². The zero-order chi connectivity index (χ0) is 17.8. The summed E-state index contributed by atoms with van der Waals surface area (Å²) in [6, 6.07) is 5.13. The lowest BCUT2D eigenvalue weighted by Gasteiger charge is -1.98. The molecule has 0 bridgehead atoms. The molecule has 1 aliphatic heterocycles. The van der Waals surface area contributed by atoms with Gasteiger partial charge in [-0.3, -0.25) is 4.98 Å². The highest BCUT2D eigenvalue weighted by Crippen LogP contribution is 2.33. The first-order chi connectivity index (χ1) is 12.6. The number of rotatable bonds is 2. The molecule has 3 aromatic heterocycles. The van der Waals surface area contributed by atoms with Crippen LogP contribution in [-0.4, -0.2) is 29.1 Å². The molecule has 6 nitrogen and oxygen atoms in total. The quantitative estimate of drug-likeness (QED) is 0.492. The van der Waals surface area contributed by atoms with Crippen LogP contribution in [0, 0.1) is 19.7 Å². The standard InChI is InChI=1S/C19H15FN6/c1-11-8-21-12(2)18-23-16(24-26(11)18)7-6-14-10-25-9-13-4-3-5-15(20)17(13)19(25)22-14/h3-8,10H,9H2,1-2H3. The van der Waals surface area contributed by atoms with E-state index < -0.39 is 0 Å². The van der Waals surface area contributed by atoms with Crippen LogP contribution in [0.1, 0.15) is 28.5 Å². The first-order valence-corrected chi connectivity index (χ1v) is 8.32. The number of nitrogens with zero attached hydrogens (tertiary/aromatic N) is 6. The van der Waals surface area contributed by atoms with Gasteiger partial charge in [-0.1, -0.05) is 12.1 Å². The van der Waals surface area contributed by atoms with Crippen molar-refractivity contribution in [2.75, 3.05) is 0 Å². The molecule has 0 radical (unpaired) electrons. The van der Waals surface area contributed by atoms with E-state index >= 15 is 0 Å². The van der Waals surface area contributed by atoms with Gasteiger partial charge in [0.15, 0.2) is 11.5 Å². The number of fused-ring (bicyclic) bond motifs is 4. The Bertz CT molecular complexity index is 1160. The summed E-state index contributed by atoms with van der Waals surface area (Å²) >= 11 is 0. The van der Waals surface area contributed by atoms with Crippen molar-refractivity contribution in [3.05, 3.63) is 64.9 Å². The minimum absolute atomic E-state index is 0.233. The topological polar surface area (TPSA) is 60.9 Å². The number of halogens is 1. The summed E-state index contributed by atoms with van der Waals surface area (Å²) in [5, 5.41) is 4.49. The van der Waals surface area contributed by atoms with Gasteiger partial charge in [0.1, 0.15) is 11.6 Å². The molecular weight excluding hydrogens is 331 g/mol. The van der Waals surface area contributed by atoms with Crippen molar-refractivity contribution in [1.29, 1.82) is 0 Å². The summed E-state index contributed by atoms with van der Waals surface area (Å²) in [5.74, 6) is 1.02. The Morgan fingerprint density at radius 3 is 2.88 bits per heavy atom. The Kier molecular flexibility index (Phi) is 3.06. The average molecular weight is 346 g/mol. The van der Waals surface area contributed by atoms with Crippen LogP contribution in [0.2, 0.25) is 0 Å². The van der Waals surface area contributed by atoms with Crippen molar-refractivity contribution in [2.45, 2.75) is 20.4 Å². The van der Waals surface area contributed by atoms with Crippen molar-refractivity contribution in [3.63, 3.8) is 0 Å². The number of aromatic nitrogens is 6. The van der Waals surface area contributed by atoms with Crippen LogP contribution >= 0.6 is 0 Å². The van der Waals surface area contributed by atoms with E-state index in [9.17, 15) is 4.39 Å². The summed E-state index contributed by atoms with van der Waals surface area (Å²) in [6.07, 6.45) is 7.35. The van der Waals surface area contributed by atoms with Gasteiger partial charge in [0.2, 0.25) is 0 Å². The molecule has 0 aliphatic carbocycles. The van der Waals surface area contributed by atoms with E-state index in [4.69, 9.17) is 0 Å². The number of hydrogen-bond acceptors (Lipinski definition) is 4. The van der Waals surface area contributed by atoms with Gasteiger partial charge in [-0.25, -0.2) is 18.9 Å². The molecule has 128 valence electrons. The van der Waals surface area contributed by atoms with Gasteiger partial charge in [0, 0.05) is 18.9 Å². The Hall–Kier alpha value is -3.35. The summed E-state index contributed by atoms with van der Waals surface area (Å²) in [7, 11) is 0. The first kappa shape index (κ1) is 14.9. The van der Waals surface area contributed by atoms with Gasteiger partial charge in [0.05, 0.1) is 22.6 Å². The minimum atomic E-state index is -0.233. The molecular formula is C19H15FN6. The SMILES string of the molecule is Cc1ncc(C)n2nc(C=Cc3cn4c(n3)-c3c(F)cccc3C4)nc12. The molecule has 7 heteroatoms. The smallest absolute Gasteiger partial charge is 0.177 e. The van der Waals surface area contributed by atoms with E-state index in [0.717, 1.165) is 28.3 Å². The van der Waals surface area contributed by atoms with Crippen molar-refractivity contribution in [3.8, 4) is 11.4 Å². The lowest BCUT2D eigenvalue weighted by atomic mass is 10.1. The molecule has 0 N–H and O–H groups in total. The second kappa shape index (κ2) is 5.32. The Morgan fingerprint density at radius 1 is 1.15 bits per heavy atom. The number of aryl methyl sites for hydroxylation is 2. The number of benzene rings is 1. The maximum atomic E-state index is 14.1. The largest absolute Gasteiger partial charge is 0.326 e. The zero-order valence-electron chi connectivity index (χ0n) is 14.3. The van der Waals surface area contributed by atoms with E-state index in [0.29, 0.717) is 23.8 Å². The van der Waals surface area contributed by atoms with Crippen LogP contribution in [0.15, 0.2) is 30.6 Å². The summed E-state index contributed by atoms with van der Waals surface area (Å²) in [5.41, 5.74) is 4.80. The van der Waals surface area contributed by atoms with Gasteiger partial charge in [0.25, 0.3) is 0 Å². The third kappa shape index (κ3) is 2.17. The minimum Gasteiger partial charge on any atom is -0.326 e. The molecule has 0 unspecified atom stereocenters. The number of imidazole rings is 1. The van der Waals surface area contributed by atoms with Gasteiger partial charge in [-0.05, 0) is 37.6 Å². The van der Waals surface area contributed by atoms with Crippen LogP contribution in [0.3, 0.4) is 0 Å². The van der Waals surface area contributed by atoms with Gasteiger partial charge in [-0.2, -0.15) is 0 Å². The molecule has 26 heavy (non-hydrogen) atoms. The third-order valence-corrected chi connectivity index (χ3v) is 4.59. The zero-order valence-corrected chi connectivity index (χ0v) is 14.3. The first-order valence-electron chi connectivity index (χ1n) is 8.32. The highest BCUT2D eigenvalue weighted by molar-refractivity contribution is 5.71. The summed E-state index contributed by atoms with van der Waals surface area (Å²) < 4.78 is 17.9. The molecule has 0 saturated heterocycles. The van der Waals surface area contributed by atoms with Gasteiger partial charge in [-0.15, -0.1) is 5.10 Å². The van der Waals surface area contributed by atoms with E-state index in [1.165, 1.54) is 6.07 Å². The highest BCUT2D eigenvalue weighted by atomic mass is 19.1. The molecule has 4 aromatic rings. The molecule has 0 fully saturated rings. The van der Waals surface area contributed by atoms with Crippen molar-refractivity contribution in [2.24, 2.45) is 0 Å². The van der Waals surface area contributed by atoms with E-state index in [1.807, 2.05) is 42.8 Å². The molecule has 0 saturated carbocycles. The van der Waals surface area contributed by atoms with Gasteiger partial charge < -0.3 is 4.57 Å². The number of hydrogen-bond donors (Lipinski definition) is 0. The second-order valence-corrected chi connectivity index (χ2v) is 6.41. The van der Waals surface area contributed by atoms with E-state index in [1.54, 1.807) is 16.8 Å². The lowest BCUT2D eigenvalue weighted by Crippen LogP contribution is -1.97. The summed E-state index contributed by atoms with van der Waals surface area (Å²) in [4.78, 5) is 13.4. The van der Waals surface area contributed by atoms with Crippen molar-refractivity contribution < 1.29 is 4.39 Å². The van der Waals surface area contributed by atoms with E-state index in [2.05, 4.69) is 20.1 Å². The highest BCUT2D eigenvalue weighted by Gasteiger charge is 2.23.